The van der Waals surface area contributed by atoms with Gasteiger partial charge in [0.05, 0.1) is 15.9 Å². The van der Waals surface area contributed by atoms with Crippen molar-refractivity contribution >= 4 is 33.3 Å². The molecule has 31 heavy (non-hydrogen) atoms. The van der Waals surface area contributed by atoms with E-state index in [0.717, 1.165) is 15.9 Å². The Labute approximate surface area is 183 Å². The lowest BCUT2D eigenvalue weighted by Crippen LogP contribution is -2.22. The molecule has 0 aliphatic rings. The number of thiazole rings is 1. The van der Waals surface area contributed by atoms with Crippen LogP contribution < -0.4 is 10.1 Å². The average Bonchev–Trinajstić information content (AvgIpc) is 3.29. The SMILES string of the molecule is Cc1cc(NC(=O)COc2ccccc2F)n(-c2nc3ccc(C(C)(C)C)cc3s2)n1. The first-order valence-electron chi connectivity index (χ1n) is 9.86. The van der Waals surface area contributed by atoms with Crippen molar-refractivity contribution < 1.29 is 13.9 Å². The van der Waals surface area contributed by atoms with Crippen LogP contribution in [-0.2, 0) is 10.2 Å². The Hall–Kier alpha value is -3.26. The number of hydrogen-bond acceptors (Lipinski definition) is 5. The third kappa shape index (κ3) is 4.59. The van der Waals surface area contributed by atoms with Gasteiger partial charge in [-0.15, -0.1) is 0 Å². The standard InChI is InChI=1S/C23H23FN4O2S/c1-14-11-20(26-21(29)13-30-18-8-6-5-7-16(18)24)28(27-14)22-25-17-10-9-15(23(2,3)4)12-19(17)31-22/h5-12H,13H2,1-4H3,(H,26,29). The van der Waals surface area contributed by atoms with E-state index in [9.17, 15) is 9.18 Å². The molecular formula is C23H23FN4O2S. The molecule has 2 heterocycles. The Morgan fingerprint density at radius 1 is 1.19 bits per heavy atom. The highest BCUT2D eigenvalue weighted by atomic mass is 32.1. The van der Waals surface area contributed by atoms with E-state index in [4.69, 9.17) is 4.74 Å². The van der Waals surface area contributed by atoms with E-state index in [-0.39, 0.29) is 17.8 Å². The zero-order chi connectivity index (χ0) is 22.2. The van der Waals surface area contributed by atoms with Gasteiger partial charge in [0.2, 0.25) is 5.13 Å². The van der Waals surface area contributed by atoms with Gasteiger partial charge in [-0.1, -0.05) is 50.3 Å². The van der Waals surface area contributed by atoms with Crippen LogP contribution in [0, 0.1) is 12.7 Å². The summed E-state index contributed by atoms with van der Waals surface area (Å²) in [6.07, 6.45) is 0. The van der Waals surface area contributed by atoms with Gasteiger partial charge < -0.3 is 10.1 Å². The number of hydrogen-bond donors (Lipinski definition) is 1. The molecule has 1 N–H and O–H groups in total. The molecule has 0 radical (unpaired) electrons. The molecule has 0 spiro atoms. The number of benzene rings is 2. The maximum absolute atomic E-state index is 13.7. The molecule has 2 aromatic heterocycles. The monoisotopic (exact) mass is 438 g/mol. The molecule has 1 amide bonds. The van der Waals surface area contributed by atoms with Crippen LogP contribution in [0.1, 0.15) is 32.0 Å². The van der Waals surface area contributed by atoms with Crippen molar-refractivity contribution in [2.45, 2.75) is 33.1 Å². The minimum atomic E-state index is -0.514. The molecule has 6 nitrogen and oxygen atoms in total. The largest absolute Gasteiger partial charge is 0.481 e. The minimum absolute atomic E-state index is 0.0307. The van der Waals surface area contributed by atoms with Gasteiger partial charge >= 0.3 is 0 Å². The smallest absolute Gasteiger partial charge is 0.263 e. The van der Waals surface area contributed by atoms with E-state index < -0.39 is 11.7 Å². The number of nitrogens with one attached hydrogen (secondary N) is 1. The van der Waals surface area contributed by atoms with Gasteiger partial charge in [0, 0.05) is 6.07 Å². The number of carbonyl (C=O) groups is 1. The number of nitrogens with zero attached hydrogens (tertiary/aromatic N) is 3. The summed E-state index contributed by atoms with van der Waals surface area (Å²) in [5, 5.41) is 7.91. The lowest BCUT2D eigenvalue weighted by molar-refractivity contribution is -0.118. The fourth-order valence-electron chi connectivity index (χ4n) is 3.09. The van der Waals surface area contributed by atoms with Crippen molar-refractivity contribution in [2.75, 3.05) is 11.9 Å². The Kier molecular flexibility index (Phi) is 5.49. The second-order valence-corrected chi connectivity index (χ2v) is 9.29. The molecule has 0 atom stereocenters. The summed E-state index contributed by atoms with van der Waals surface area (Å²) < 4.78 is 21.6. The normalized spacial score (nSPS) is 11.6. The number of halogens is 1. The van der Waals surface area contributed by atoms with Crippen LogP contribution in [0.5, 0.6) is 5.75 Å². The zero-order valence-corrected chi connectivity index (χ0v) is 18.6. The summed E-state index contributed by atoms with van der Waals surface area (Å²) in [7, 11) is 0. The van der Waals surface area contributed by atoms with Gasteiger partial charge in [0.1, 0.15) is 5.82 Å². The lowest BCUT2D eigenvalue weighted by Gasteiger charge is -2.18. The van der Waals surface area contributed by atoms with Gasteiger partial charge in [0.15, 0.2) is 18.2 Å². The van der Waals surface area contributed by atoms with Crippen molar-refractivity contribution in [1.82, 2.24) is 14.8 Å². The summed E-state index contributed by atoms with van der Waals surface area (Å²) in [6.45, 7) is 8.03. The number of aromatic nitrogens is 3. The molecule has 4 aromatic rings. The van der Waals surface area contributed by atoms with Crippen LogP contribution in [0.25, 0.3) is 15.3 Å². The van der Waals surface area contributed by atoms with Gasteiger partial charge in [-0.25, -0.2) is 9.37 Å². The molecule has 0 fully saturated rings. The summed E-state index contributed by atoms with van der Waals surface area (Å²) in [5.74, 6) is -0.418. The van der Waals surface area contributed by atoms with Crippen molar-refractivity contribution in [3.63, 3.8) is 0 Å². The van der Waals surface area contributed by atoms with Crippen molar-refractivity contribution in [3.05, 3.63) is 65.6 Å². The third-order valence-corrected chi connectivity index (χ3v) is 5.71. The molecule has 0 saturated carbocycles. The Morgan fingerprint density at radius 3 is 2.71 bits per heavy atom. The first-order chi connectivity index (χ1) is 14.7. The topological polar surface area (TPSA) is 69.0 Å². The summed E-state index contributed by atoms with van der Waals surface area (Å²) in [5.41, 5.74) is 2.88. The number of carbonyl (C=O) groups excluding carboxylic acids is 1. The van der Waals surface area contributed by atoms with Gasteiger partial charge in [-0.05, 0) is 42.2 Å². The second-order valence-electron chi connectivity index (χ2n) is 8.28. The fraction of sp³-hybridized carbons (Fsp3) is 0.261. The van der Waals surface area contributed by atoms with Crippen molar-refractivity contribution in [3.8, 4) is 10.9 Å². The number of fused-ring (bicyclic) bond motifs is 1. The van der Waals surface area contributed by atoms with Crippen molar-refractivity contribution in [2.24, 2.45) is 0 Å². The van der Waals surface area contributed by atoms with Crippen LogP contribution in [0.15, 0.2) is 48.5 Å². The van der Waals surface area contributed by atoms with E-state index in [1.165, 1.54) is 29.0 Å². The first kappa shape index (κ1) is 21.0. The van der Waals surface area contributed by atoms with E-state index in [1.807, 2.05) is 13.0 Å². The fourth-order valence-corrected chi connectivity index (χ4v) is 4.06. The number of amides is 1. The highest BCUT2D eigenvalue weighted by Gasteiger charge is 2.18. The number of rotatable bonds is 5. The van der Waals surface area contributed by atoms with Gasteiger partial charge in [-0.2, -0.15) is 9.78 Å². The second kappa shape index (κ2) is 8.11. The van der Waals surface area contributed by atoms with Crippen molar-refractivity contribution in [1.29, 1.82) is 0 Å². The highest BCUT2D eigenvalue weighted by molar-refractivity contribution is 7.20. The first-order valence-corrected chi connectivity index (χ1v) is 10.7. The van der Waals surface area contributed by atoms with E-state index in [1.54, 1.807) is 22.9 Å². The van der Waals surface area contributed by atoms with Crippen LogP contribution in [0.4, 0.5) is 10.2 Å². The third-order valence-electron chi connectivity index (χ3n) is 4.72. The van der Waals surface area contributed by atoms with Crippen LogP contribution in [0.2, 0.25) is 0 Å². The molecule has 160 valence electrons. The number of para-hydroxylation sites is 1. The summed E-state index contributed by atoms with van der Waals surface area (Å²) in [4.78, 5) is 17.1. The van der Waals surface area contributed by atoms with Gasteiger partial charge in [0.25, 0.3) is 5.91 Å². The molecule has 4 rings (SSSR count). The summed E-state index contributed by atoms with van der Waals surface area (Å²) >= 11 is 1.50. The number of aryl methyl sites for hydroxylation is 1. The minimum Gasteiger partial charge on any atom is -0.481 e. The highest BCUT2D eigenvalue weighted by Crippen LogP contribution is 2.31. The van der Waals surface area contributed by atoms with Crippen LogP contribution in [-0.4, -0.2) is 27.3 Å². The molecule has 0 unspecified atom stereocenters. The number of anilines is 1. The number of ether oxygens (including phenoxy) is 1. The van der Waals surface area contributed by atoms with E-state index >= 15 is 0 Å². The molecule has 8 heteroatoms. The summed E-state index contributed by atoms with van der Waals surface area (Å²) in [6, 6.07) is 14.0. The molecule has 0 aliphatic carbocycles. The molecule has 0 bridgehead atoms. The predicted molar refractivity (Wildman–Crippen MR) is 121 cm³/mol. The lowest BCUT2D eigenvalue weighted by atomic mass is 9.87. The van der Waals surface area contributed by atoms with E-state index in [0.29, 0.717) is 10.9 Å². The van der Waals surface area contributed by atoms with Gasteiger partial charge in [-0.3, -0.25) is 4.79 Å². The molecule has 0 aliphatic heterocycles. The molecule has 0 saturated heterocycles. The predicted octanol–water partition coefficient (Wildman–Crippen LogP) is 5.24. The molecule has 2 aromatic carbocycles. The van der Waals surface area contributed by atoms with Crippen LogP contribution >= 0.6 is 11.3 Å². The van der Waals surface area contributed by atoms with Crippen LogP contribution in [0.3, 0.4) is 0 Å². The molecular weight excluding hydrogens is 415 g/mol. The Morgan fingerprint density at radius 2 is 1.97 bits per heavy atom. The van der Waals surface area contributed by atoms with E-state index in [2.05, 4.69) is 48.3 Å². The average molecular weight is 439 g/mol. The maximum atomic E-state index is 13.7. The zero-order valence-electron chi connectivity index (χ0n) is 17.8. The Bertz CT molecular complexity index is 1260. The quantitative estimate of drug-likeness (QED) is 0.462. The maximum Gasteiger partial charge on any atom is 0.263 e. The Balaban J connectivity index is 1.55.